The monoisotopic (exact) mass is 558 g/mol. The highest BCUT2D eigenvalue weighted by Gasteiger charge is 2.37. The van der Waals surface area contributed by atoms with Gasteiger partial charge in [-0.2, -0.15) is 14.6 Å². The van der Waals surface area contributed by atoms with Gasteiger partial charge in [0.05, 0.1) is 24.0 Å². The Kier molecular flexibility index (Phi) is 7.59. The lowest BCUT2D eigenvalue weighted by Gasteiger charge is -2.19. The van der Waals surface area contributed by atoms with Crippen LogP contribution < -0.4 is 16.0 Å². The molecule has 0 aliphatic carbocycles. The summed E-state index contributed by atoms with van der Waals surface area (Å²) in [5, 5.41) is 15.9. The SMILES string of the molecule is COCCN1C[C@@H](NC(=O)Nc2c(C)c(-c3cnc4c(c3)CCN4)nn2-c2ccccc2)[C@H](c2ccnc(F)c2)O1. The lowest BCUT2D eigenvalue weighted by atomic mass is 10.0. The third-order valence-corrected chi connectivity index (χ3v) is 7.25. The smallest absolute Gasteiger partial charge is 0.320 e. The summed E-state index contributed by atoms with van der Waals surface area (Å²) in [5.41, 5.74) is 4.92. The summed E-state index contributed by atoms with van der Waals surface area (Å²) >= 11 is 0. The maximum atomic E-state index is 13.9. The number of hydroxylamine groups is 2. The van der Waals surface area contributed by atoms with Gasteiger partial charge in [-0.15, -0.1) is 0 Å². The minimum absolute atomic E-state index is 0.391. The summed E-state index contributed by atoms with van der Waals surface area (Å²) in [6.07, 6.45) is 3.48. The molecule has 1 saturated heterocycles. The lowest BCUT2D eigenvalue weighted by molar-refractivity contribution is -0.154. The summed E-state index contributed by atoms with van der Waals surface area (Å²) in [7, 11) is 1.61. The number of amides is 2. The van der Waals surface area contributed by atoms with E-state index in [4.69, 9.17) is 14.7 Å². The highest BCUT2D eigenvalue weighted by molar-refractivity contribution is 5.91. The predicted molar refractivity (Wildman–Crippen MR) is 151 cm³/mol. The maximum Gasteiger partial charge on any atom is 0.320 e. The van der Waals surface area contributed by atoms with Crippen LogP contribution in [0, 0.1) is 12.9 Å². The van der Waals surface area contributed by atoms with E-state index in [2.05, 4.69) is 32.0 Å². The van der Waals surface area contributed by atoms with Crippen LogP contribution in [-0.4, -0.2) is 70.2 Å². The molecule has 11 nitrogen and oxygen atoms in total. The number of hydrogen-bond acceptors (Lipinski definition) is 8. The molecule has 0 saturated carbocycles. The molecule has 3 N–H and O–H groups in total. The number of anilines is 2. The normalized spacial score (nSPS) is 18.2. The topological polar surface area (TPSA) is 118 Å². The van der Waals surface area contributed by atoms with Gasteiger partial charge in [0.1, 0.15) is 17.7 Å². The standard InChI is InChI=1S/C29H31FN8O3/c1-18-25(21-14-20-9-11-32-27(20)33-16-21)36-38(22-6-4-3-5-7-22)28(18)35-29(39)34-23-17-37(12-13-40-2)41-26(23)19-8-10-31-24(30)15-19/h3-8,10,14-16,23,26H,9,11-13,17H2,1-2H3,(H,32,33)(H2,34,35,39)/t23-,26+/m1/s1. The van der Waals surface area contributed by atoms with Gasteiger partial charge in [-0.25, -0.2) is 19.4 Å². The number of carbonyl (C=O) groups excluding carboxylic acids is 1. The van der Waals surface area contributed by atoms with Gasteiger partial charge in [-0.3, -0.25) is 10.2 Å². The average molecular weight is 559 g/mol. The highest BCUT2D eigenvalue weighted by atomic mass is 19.1. The molecule has 1 aromatic carbocycles. The molecular weight excluding hydrogens is 527 g/mol. The largest absolute Gasteiger partial charge is 0.383 e. The Bertz CT molecular complexity index is 1550. The van der Waals surface area contributed by atoms with Crippen molar-refractivity contribution in [3.63, 3.8) is 0 Å². The number of aromatic nitrogens is 4. The molecule has 0 bridgehead atoms. The minimum atomic E-state index is -0.614. The van der Waals surface area contributed by atoms with Gasteiger partial charge < -0.3 is 15.4 Å². The number of methoxy groups -OCH3 is 1. The number of halogens is 1. The first kappa shape index (κ1) is 26.8. The van der Waals surface area contributed by atoms with Crippen molar-refractivity contribution < 1.29 is 18.8 Å². The number of nitrogens with one attached hydrogen (secondary N) is 3. The van der Waals surface area contributed by atoms with Crippen molar-refractivity contribution in [2.24, 2.45) is 0 Å². The summed E-state index contributed by atoms with van der Waals surface area (Å²) < 4.78 is 20.9. The molecule has 2 amide bonds. The minimum Gasteiger partial charge on any atom is -0.383 e. The molecule has 0 spiro atoms. The summed E-state index contributed by atoms with van der Waals surface area (Å²) in [6.45, 7) is 4.12. The van der Waals surface area contributed by atoms with Crippen LogP contribution in [0.1, 0.15) is 22.8 Å². The second kappa shape index (κ2) is 11.6. The quantitative estimate of drug-likeness (QED) is 0.279. The van der Waals surface area contributed by atoms with Gasteiger partial charge in [0.2, 0.25) is 5.95 Å². The summed E-state index contributed by atoms with van der Waals surface area (Å²) in [5.74, 6) is 0.814. The van der Waals surface area contributed by atoms with E-state index >= 15 is 0 Å². The summed E-state index contributed by atoms with van der Waals surface area (Å²) in [6, 6.07) is 13.8. The fourth-order valence-corrected chi connectivity index (χ4v) is 5.23. The third-order valence-electron chi connectivity index (χ3n) is 7.25. The van der Waals surface area contributed by atoms with Crippen LogP contribution in [0.5, 0.6) is 0 Å². The second-order valence-electron chi connectivity index (χ2n) is 10.0. The van der Waals surface area contributed by atoms with Gasteiger partial charge in [0.25, 0.3) is 0 Å². The Hall–Kier alpha value is -4.39. The zero-order chi connectivity index (χ0) is 28.3. The van der Waals surface area contributed by atoms with Gasteiger partial charge in [0, 0.05) is 50.3 Å². The van der Waals surface area contributed by atoms with Crippen molar-refractivity contribution in [2.75, 3.05) is 44.0 Å². The number of ether oxygens (including phenoxy) is 1. The number of para-hydroxylation sites is 1. The molecule has 2 atom stereocenters. The number of pyridine rings is 2. The van der Waals surface area contributed by atoms with Crippen molar-refractivity contribution in [1.82, 2.24) is 30.1 Å². The van der Waals surface area contributed by atoms with E-state index in [1.807, 2.05) is 37.3 Å². The Balaban J connectivity index is 1.28. The van der Waals surface area contributed by atoms with E-state index in [9.17, 15) is 9.18 Å². The molecule has 1 fully saturated rings. The van der Waals surface area contributed by atoms with Crippen molar-refractivity contribution in [1.29, 1.82) is 0 Å². The van der Waals surface area contributed by atoms with E-state index in [0.29, 0.717) is 31.1 Å². The van der Waals surface area contributed by atoms with Crippen LogP contribution in [0.25, 0.3) is 16.9 Å². The maximum absolute atomic E-state index is 13.9. The van der Waals surface area contributed by atoms with E-state index in [1.165, 1.54) is 12.3 Å². The van der Waals surface area contributed by atoms with Crippen LogP contribution in [0.2, 0.25) is 0 Å². The van der Waals surface area contributed by atoms with E-state index in [1.54, 1.807) is 29.1 Å². The molecule has 2 aliphatic rings. The Morgan fingerprint density at radius 1 is 1.22 bits per heavy atom. The molecule has 6 rings (SSSR count). The van der Waals surface area contributed by atoms with Crippen molar-refractivity contribution in [3.8, 4) is 16.9 Å². The number of fused-ring (bicyclic) bond motifs is 1. The molecule has 212 valence electrons. The fourth-order valence-electron chi connectivity index (χ4n) is 5.23. The van der Waals surface area contributed by atoms with Gasteiger partial charge in [-0.1, -0.05) is 18.2 Å². The van der Waals surface area contributed by atoms with Crippen molar-refractivity contribution >= 4 is 17.7 Å². The predicted octanol–water partition coefficient (Wildman–Crippen LogP) is 3.87. The van der Waals surface area contributed by atoms with Crippen molar-refractivity contribution in [2.45, 2.75) is 25.5 Å². The molecule has 4 aromatic rings. The molecule has 41 heavy (non-hydrogen) atoms. The molecule has 5 heterocycles. The Morgan fingerprint density at radius 3 is 2.88 bits per heavy atom. The molecule has 12 heteroatoms. The summed E-state index contributed by atoms with van der Waals surface area (Å²) in [4.78, 5) is 27.8. The third kappa shape index (κ3) is 5.62. The van der Waals surface area contributed by atoms with E-state index < -0.39 is 24.1 Å². The van der Waals surface area contributed by atoms with Gasteiger partial charge in [0.15, 0.2) is 0 Å². The first-order valence-electron chi connectivity index (χ1n) is 13.5. The molecular formula is C29H31FN8O3. The van der Waals surface area contributed by atoms with Gasteiger partial charge in [-0.05, 0) is 54.8 Å². The zero-order valence-electron chi connectivity index (χ0n) is 22.8. The fraction of sp³-hybridized carbons (Fsp3) is 0.310. The Labute approximate surface area is 236 Å². The van der Waals surface area contributed by atoms with E-state index in [-0.39, 0.29) is 0 Å². The van der Waals surface area contributed by atoms with Crippen LogP contribution in [-0.2, 0) is 16.0 Å². The lowest BCUT2D eigenvalue weighted by Crippen LogP contribution is -2.42. The Morgan fingerprint density at radius 2 is 2.07 bits per heavy atom. The molecule has 0 radical (unpaired) electrons. The number of hydrogen-bond donors (Lipinski definition) is 3. The highest BCUT2D eigenvalue weighted by Crippen LogP contribution is 2.33. The van der Waals surface area contributed by atoms with Crippen LogP contribution in [0.15, 0.2) is 60.9 Å². The average Bonchev–Trinajstić information content (AvgIpc) is 3.70. The van der Waals surface area contributed by atoms with Crippen LogP contribution in [0.4, 0.5) is 20.8 Å². The number of nitrogens with zero attached hydrogens (tertiary/aromatic N) is 5. The number of rotatable bonds is 8. The van der Waals surface area contributed by atoms with Crippen LogP contribution >= 0.6 is 0 Å². The number of benzene rings is 1. The molecule has 2 aliphatic heterocycles. The molecule has 3 aromatic heterocycles. The molecule has 0 unspecified atom stereocenters. The number of carbonyl (C=O) groups is 1. The van der Waals surface area contributed by atoms with Gasteiger partial charge >= 0.3 is 6.03 Å². The van der Waals surface area contributed by atoms with E-state index in [0.717, 1.165) is 46.9 Å². The van der Waals surface area contributed by atoms with Crippen LogP contribution in [0.3, 0.4) is 0 Å². The first-order valence-corrected chi connectivity index (χ1v) is 13.5. The first-order chi connectivity index (χ1) is 20.0. The number of urea groups is 1. The van der Waals surface area contributed by atoms with Crippen molar-refractivity contribution in [3.05, 3.63) is 83.6 Å². The second-order valence-corrected chi connectivity index (χ2v) is 10.0. The zero-order valence-corrected chi connectivity index (χ0v) is 22.8.